The smallest absolute Gasteiger partial charge is 0.317 e. The van der Waals surface area contributed by atoms with Crippen molar-refractivity contribution in [1.82, 2.24) is 10.2 Å². The van der Waals surface area contributed by atoms with E-state index in [1.807, 2.05) is 11.0 Å². The molecule has 1 aromatic carbocycles. The zero-order valence-electron chi connectivity index (χ0n) is 14.8. The van der Waals surface area contributed by atoms with Gasteiger partial charge >= 0.3 is 6.03 Å². The number of nitrogens with one attached hydrogen (secondary N) is 1. The van der Waals surface area contributed by atoms with Crippen molar-refractivity contribution in [3.05, 3.63) is 35.9 Å². The highest BCUT2D eigenvalue weighted by atomic mass is 16.7. The van der Waals surface area contributed by atoms with Crippen molar-refractivity contribution < 1.29 is 14.3 Å². The Morgan fingerprint density at radius 3 is 2.36 bits per heavy atom. The van der Waals surface area contributed by atoms with Crippen LogP contribution in [0.25, 0.3) is 0 Å². The third kappa shape index (κ3) is 3.67. The predicted octanol–water partition coefficient (Wildman–Crippen LogP) is 3.47. The molecule has 2 saturated heterocycles. The maximum Gasteiger partial charge on any atom is 0.317 e. The molecule has 5 nitrogen and oxygen atoms in total. The highest BCUT2D eigenvalue weighted by Gasteiger charge is 2.41. The monoisotopic (exact) mass is 344 g/mol. The van der Waals surface area contributed by atoms with E-state index in [4.69, 9.17) is 9.47 Å². The fourth-order valence-corrected chi connectivity index (χ4v) is 4.48. The lowest BCUT2D eigenvalue weighted by molar-refractivity contribution is -0.181. The molecule has 1 aromatic rings. The van der Waals surface area contributed by atoms with E-state index in [-0.39, 0.29) is 12.1 Å². The molecule has 2 heterocycles. The van der Waals surface area contributed by atoms with E-state index in [0.717, 1.165) is 12.8 Å². The van der Waals surface area contributed by atoms with E-state index in [1.54, 1.807) is 0 Å². The molecule has 1 saturated carbocycles. The maximum absolute atomic E-state index is 12.9. The first-order valence-corrected chi connectivity index (χ1v) is 9.64. The first-order valence-electron chi connectivity index (χ1n) is 9.64. The molecule has 3 fully saturated rings. The summed E-state index contributed by atoms with van der Waals surface area (Å²) in [7, 11) is 0. The molecule has 5 heteroatoms. The number of benzene rings is 1. The second-order valence-corrected chi connectivity index (χ2v) is 7.48. The zero-order chi connectivity index (χ0) is 17.1. The largest absolute Gasteiger partial charge is 0.347 e. The Morgan fingerprint density at radius 2 is 1.72 bits per heavy atom. The van der Waals surface area contributed by atoms with Gasteiger partial charge in [0.25, 0.3) is 0 Å². The van der Waals surface area contributed by atoms with Crippen LogP contribution in [0.15, 0.2) is 30.3 Å². The summed E-state index contributed by atoms with van der Waals surface area (Å²) in [5.74, 6) is 0.116. The summed E-state index contributed by atoms with van der Waals surface area (Å²) >= 11 is 0. The average molecular weight is 344 g/mol. The van der Waals surface area contributed by atoms with Crippen LogP contribution < -0.4 is 5.32 Å². The Hall–Kier alpha value is -1.59. The molecule has 1 N–H and O–H groups in total. The van der Waals surface area contributed by atoms with Gasteiger partial charge in [-0.2, -0.15) is 0 Å². The number of urea groups is 1. The minimum atomic E-state index is -0.430. The summed E-state index contributed by atoms with van der Waals surface area (Å²) in [6.45, 7) is 2.73. The van der Waals surface area contributed by atoms with Crippen molar-refractivity contribution in [3.63, 3.8) is 0 Å². The molecule has 0 bridgehead atoms. The summed E-state index contributed by atoms with van der Waals surface area (Å²) in [6.07, 6.45) is 6.46. The summed E-state index contributed by atoms with van der Waals surface area (Å²) in [5, 5.41) is 3.33. The Bertz CT molecular complexity index is 570. The molecular formula is C20H28N2O3. The van der Waals surface area contributed by atoms with Crippen LogP contribution in [0.4, 0.5) is 4.79 Å². The fourth-order valence-electron chi connectivity index (χ4n) is 4.48. The van der Waals surface area contributed by atoms with Crippen LogP contribution in [0.3, 0.4) is 0 Å². The molecule has 2 aliphatic heterocycles. The van der Waals surface area contributed by atoms with Crippen LogP contribution in [0, 0.1) is 5.92 Å². The Morgan fingerprint density at radius 1 is 1.08 bits per heavy atom. The molecule has 0 aromatic heterocycles. The van der Waals surface area contributed by atoms with Crippen molar-refractivity contribution in [3.8, 4) is 0 Å². The Kier molecular flexibility index (Phi) is 4.95. The lowest BCUT2D eigenvalue weighted by Gasteiger charge is -2.38. The van der Waals surface area contributed by atoms with Gasteiger partial charge in [0, 0.05) is 25.9 Å². The minimum Gasteiger partial charge on any atom is -0.347 e. The SMILES string of the molecule is O=C(N[C@@H](c1ccccc1)C1CCCC1)N1CCC2(CC1)OCCO2. The van der Waals surface area contributed by atoms with Crippen molar-refractivity contribution >= 4 is 6.03 Å². The predicted molar refractivity (Wildman–Crippen MR) is 95.1 cm³/mol. The molecule has 1 spiro atoms. The molecular weight excluding hydrogens is 316 g/mol. The molecule has 3 aliphatic rings. The summed E-state index contributed by atoms with van der Waals surface area (Å²) in [5.41, 5.74) is 1.22. The topological polar surface area (TPSA) is 50.8 Å². The lowest BCUT2D eigenvalue weighted by atomic mass is 9.91. The van der Waals surface area contributed by atoms with E-state index in [1.165, 1.54) is 31.2 Å². The zero-order valence-corrected chi connectivity index (χ0v) is 14.8. The van der Waals surface area contributed by atoms with Crippen molar-refractivity contribution in [2.45, 2.75) is 50.4 Å². The van der Waals surface area contributed by atoms with Gasteiger partial charge in [-0.1, -0.05) is 43.2 Å². The molecule has 0 radical (unpaired) electrons. The number of hydrogen-bond donors (Lipinski definition) is 1. The van der Waals surface area contributed by atoms with Gasteiger partial charge in [-0.25, -0.2) is 4.79 Å². The summed E-state index contributed by atoms with van der Waals surface area (Å²) in [6, 6.07) is 10.6. The number of ether oxygens (including phenoxy) is 2. The number of likely N-dealkylation sites (tertiary alicyclic amines) is 1. The summed E-state index contributed by atoms with van der Waals surface area (Å²) in [4.78, 5) is 14.8. The second-order valence-electron chi connectivity index (χ2n) is 7.48. The number of piperidine rings is 1. The van der Waals surface area contributed by atoms with Gasteiger partial charge in [0.1, 0.15) is 0 Å². The van der Waals surface area contributed by atoms with Gasteiger partial charge in [0.2, 0.25) is 0 Å². The van der Waals surface area contributed by atoms with Crippen LogP contribution in [0.2, 0.25) is 0 Å². The van der Waals surface area contributed by atoms with E-state index in [0.29, 0.717) is 32.2 Å². The van der Waals surface area contributed by atoms with Gasteiger partial charge in [-0.05, 0) is 24.3 Å². The number of carbonyl (C=O) groups excluding carboxylic acids is 1. The van der Waals surface area contributed by atoms with Crippen LogP contribution >= 0.6 is 0 Å². The van der Waals surface area contributed by atoms with Gasteiger partial charge < -0.3 is 19.7 Å². The standard InChI is InChI=1S/C20H28N2O3/c23-19(22-12-10-20(11-13-22)24-14-15-25-20)21-18(17-8-4-5-9-17)16-6-2-1-3-7-16/h1-3,6-7,17-18H,4-5,8-15H2,(H,21,23)/t18-/m0/s1. The second kappa shape index (κ2) is 7.34. The molecule has 136 valence electrons. The fraction of sp³-hybridized carbons (Fsp3) is 0.650. The van der Waals surface area contributed by atoms with Crippen LogP contribution in [0.1, 0.15) is 50.1 Å². The lowest BCUT2D eigenvalue weighted by Crippen LogP contribution is -2.51. The van der Waals surface area contributed by atoms with Crippen LogP contribution in [0.5, 0.6) is 0 Å². The molecule has 1 aliphatic carbocycles. The minimum absolute atomic E-state index is 0.0496. The Labute approximate surface area is 149 Å². The van der Waals surface area contributed by atoms with Crippen molar-refractivity contribution in [2.75, 3.05) is 26.3 Å². The quantitative estimate of drug-likeness (QED) is 0.913. The average Bonchev–Trinajstić information content (AvgIpc) is 3.33. The van der Waals surface area contributed by atoms with Crippen molar-refractivity contribution in [2.24, 2.45) is 5.92 Å². The highest BCUT2D eigenvalue weighted by Crippen LogP contribution is 2.36. The van der Waals surface area contributed by atoms with E-state index >= 15 is 0 Å². The normalized spacial score (nSPS) is 24.6. The first-order chi connectivity index (χ1) is 12.3. The van der Waals surface area contributed by atoms with Gasteiger partial charge in [0.05, 0.1) is 19.3 Å². The van der Waals surface area contributed by atoms with Crippen LogP contribution in [-0.2, 0) is 9.47 Å². The third-order valence-electron chi connectivity index (χ3n) is 5.93. The van der Waals surface area contributed by atoms with Gasteiger partial charge in [0.15, 0.2) is 5.79 Å². The molecule has 1 atom stereocenters. The third-order valence-corrected chi connectivity index (χ3v) is 5.93. The van der Waals surface area contributed by atoms with E-state index < -0.39 is 5.79 Å². The number of rotatable bonds is 3. The summed E-state index contributed by atoms with van der Waals surface area (Å²) < 4.78 is 11.5. The van der Waals surface area contributed by atoms with Gasteiger partial charge in [-0.3, -0.25) is 0 Å². The molecule has 0 unspecified atom stereocenters. The van der Waals surface area contributed by atoms with Gasteiger partial charge in [-0.15, -0.1) is 0 Å². The number of hydrogen-bond acceptors (Lipinski definition) is 3. The highest BCUT2D eigenvalue weighted by molar-refractivity contribution is 5.75. The first kappa shape index (κ1) is 16.9. The number of nitrogens with zero attached hydrogens (tertiary/aromatic N) is 1. The van der Waals surface area contributed by atoms with Crippen LogP contribution in [-0.4, -0.2) is 43.0 Å². The Balaban J connectivity index is 1.40. The van der Waals surface area contributed by atoms with E-state index in [9.17, 15) is 4.79 Å². The molecule has 25 heavy (non-hydrogen) atoms. The van der Waals surface area contributed by atoms with E-state index in [2.05, 4.69) is 29.6 Å². The maximum atomic E-state index is 12.9. The van der Waals surface area contributed by atoms with Crippen molar-refractivity contribution in [1.29, 1.82) is 0 Å². The number of carbonyl (C=O) groups is 1. The molecule has 2 amide bonds. The molecule has 4 rings (SSSR count). The number of amides is 2.